The van der Waals surface area contributed by atoms with E-state index in [-0.39, 0.29) is 23.8 Å². The number of aryl methyl sites for hydroxylation is 1. The standard InChI is InChI=1S/C29H24N6O3/c1-19(36)31-28-32-26-25(30-18-34(26)24-17-16-20-10-8-9-15-23(20)24)27(33-28)38-29(37)35(21-11-4-2-5-12-21)22-13-6-3-7-14-22/h2-15,18,24H,16-17H2,1H3,(H,31,32,33,36). The van der Waals surface area contributed by atoms with Gasteiger partial charge in [0.05, 0.1) is 23.7 Å². The highest BCUT2D eigenvalue weighted by atomic mass is 16.6. The number of benzene rings is 3. The second-order valence-corrected chi connectivity index (χ2v) is 8.99. The number of hydrogen-bond acceptors (Lipinski definition) is 6. The number of aromatic nitrogens is 4. The number of anilines is 3. The highest BCUT2D eigenvalue weighted by Gasteiger charge is 2.28. The molecule has 0 saturated carbocycles. The zero-order valence-electron chi connectivity index (χ0n) is 20.6. The van der Waals surface area contributed by atoms with Crippen LogP contribution in [-0.4, -0.2) is 31.5 Å². The van der Waals surface area contributed by atoms with E-state index in [4.69, 9.17) is 4.74 Å². The van der Waals surface area contributed by atoms with Crippen molar-refractivity contribution in [3.63, 3.8) is 0 Å². The molecule has 5 aromatic rings. The third kappa shape index (κ3) is 4.34. The Morgan fingerprint density at radius 1 is 0.921 bits per heavy atom. The average Bonchev–Trinajstić information content (AvgIpc) is 3.54. The van der Waals surface area contributed by atoms with Crippen molar-refractivity contribution in [3.05, 3.63) is 102 Å². The number of fused-ring (bicyclic) bond motifs is 2. The minimum atomic E-state index is -0.670. The van der Waals surface area contributed by atoms with Gasteiger partial charge in [0.2, 0.25) is 11.9 Å². The van der Waals surface area contributed by atoms with E-state index in [0.29, 0.717) is 22.5 Å². The van der Waals surface area contributed by atoms with Gasteiger partial charge in [0, 0.05) is 6.92 Å². The van der Waals surface area contributed by atoms with Gasteiger partial charge >= 0.3 is 6.09 Å². The summed E-state index contributed by atoms with van der Waals surface area (Å²) in [5.74, 6) is -0.341. The SMILES string of the molecule is CC(=O)Nc1nc(OC(=O)N(c2ccccc2)c2ccccc2)c2ncn(C3CCc4ccccc43)c2n1. The lowest BCUT2D eigenvalue weighted by molar-refractivity contribution is -0.114. The quantitative estimate of drug-likeness (QED) is 0.331. The van der Waals surface area contributed by atoms with Crippen LogP contribution in [0.3, 0.4) is 0 Å². The maximum atomic E-state index is 13.6. The van der Waals surface area contributed by atoms with Crippen LogP contribution in [0.15, 0.2) is 91.3 Å². The van der Waals surface area contributed by atoms with Crippen molar-refractivity contribution in [2.45, 2.75) is 25.8 Å². The molecule has 2 aromatic heterocycles. The van der Waals surface area contributed by atoms with Crippen molar-refractivity contribution >= 4 is 40.5 Å². The van der Waals surface area contributed by atoms with Crippen LogP contribution in [-0.2, 0) is 11.2 Å². The van der Waals surface area contributed by atoms with E-state index >= 15 is 0 Å². The molecular formula is C29H24N6O3. The average molecular weight is 505 g/mol. The first kappa shape index (κ1) is 23.4. The first-order valence-electron chi connectivity index (χ1n) is 12.3. The second kappa shape index (κ2) is 9.78. The molecule has 1 aliphatic carbocycles. The van der Waals surface area contributed by atoms with Gasteiger partial charge in [-0.1, -0.05) is 60.7 Å². The smallest absolute Gasteiger partial charge is 0.388 e. The number of rotatable bonds is 5. The fourth-order valence-corrected chi connectivity index (χ4v) is 4.87. The van der Waals surface area contributed by atoms with Gasteiger partial charge in [-0.25, -0.2) is 14.7 Å². The summed E-state index contributed by atoms with van der Waals surface area (Å²) < 4.78 is 7.83. The first-order valence-corrected chi connectivity index (χ1v) is 12.3. The van der Waals surface area contributed by atoms with E-state index in [1.54, 1.807) is 6.33 Å². The molecular weight excluding hydrogens is 480 g/mol. The Labute approximate surface area is 218 Å². The topological polar surface area (TPSA) is 102 Å². The van der Waals surface area contributed by atoms with Crippen molar-refractivity contribution in [1.82, 2.24) is 19.5 Å². The van der Waals surface area contributed by atoms with Gasteiger partial charge in [-0.3, -0.25) is 10.1 Å². The van der Waals surface area contributed by atoms with Crippen molar-refractivity contribution in [3.8, 4) is 5.88 Å². The van der Waals surface area contributed by atoms with Gasteiger partial charge < -0.3 is 9.30 Å². The Hall–Kier alpha value is -5.05. The molecule has 6 rings (SSSR count). The lowest BCUT2D eigenvalue weighted by Crippen LogP contribution is -2.29. The fraction of sp³-hybridized carbons (Fsp3) is 0.138. The normalized spacial score (nSPS) is 14.2. The van der Waals surface area contributed by atoms with Crippen LogP contribution >= 0.6 is 0 Å². The van der Waals surface area contributed by atoms with E-state index in [2.05, 4.69) is 32.4 Å². The molecule has 188 valence electrons. The van der Waals surface area contributed by atoms with Crippen molar-refractivity contribution in [2.24, 2.45) is 0 Å². The Bertz CT molecular complexity index is 1600. The Morgan fingerprint density at radius 2 is 1.58 bits per heavy atom. The van der Waals surface area contributed by atoms with Crippen LogP contribution in [0.4, 0.5) is 22.1 Å². The predicted octanol–water partition coefficient (Wildman–Crippen LogP) is 5.66. The Kier molecular flexibility index (Phi) is 6.01. The fourth-order valence-electron chi connectivity index (χ4n) is 4.87. The number of carbonyl (C=O) groups is 2. The molecule has 0 spiro atoms. The summed E-state index contributed by atoms with van der Waals surface area (Å²) in [7, 11) is 0. The molecule has 0 radical (unpaired) electrons. The zero-order valence-corrected chi connectivity index (χ0v) is 20.6. The number of para-hydroxylation sites is 2. The maximum absolute atomic E-state index is 13.6. The summed E-state index contributed by atoms with van der Waals surface area (Å²) in [5, 5.41) is 2.62. The number of ether oxygens (including phenoxy) is 1. The summed E-state index contributed by atoms with van der Waals surface area (Å²) >= 11 is 0. The van der Waals surface area contributed by atoms with E-state index in [1.807, 2.05) is 77.4 Å². The van der Waals surface area contributed by atoms with Crippen molar-refractivity contribution in [2.75, 3.05) is 10.2 Å². The maximum Gasteiger partial charge on any atom is 0.425 e. The molecule has 0 fully saturated rings. The molecule has 1 unspecified atom stereocenters. The van der Waals surface area contributed by atoms with Gasteiger partial charge in [0.15, 0.2) is 11.2 Å². The van der Waals surface area contributed by atoms with Gasteiger partial charge in [-0.15, -0.1) is 0 Å². The van der Waals surface area contributed by atoms with Crippen LogP contribution in [0.1, 0.15) is 30.5 Å². The number of nitrogens with one attached hydrogen (secondary N) is 1. The third-order valence-corrected chi connectivity index (χ3v) is 6.51. The van der Waals surface area contributed by atoms with Gasteiger partial charge in [0.25, 0.3) is 5.88 Å². The number of carbonyl (C=O) groups excluding carboxylic acids is 2. The molecule has 0 aliphatic heterocycles. The number of hydrogen-bond donors (Lipinski definition) is 1. The monoisotopic (exact) mass is 504 g/mol. The second-order valence-electron chi connectivity index (χ2n) is 8.99. The first-order chi connectivity index (χ1) is 18.6. The Morgan fingerprint density at radius 3 is 2.26 bits per heavy atom. The number of imidazole rings is 1. The molecule has 2 amide bonds. The van der Waals surface area contributed by atoms with E-state index < -0.39 is 6.09 Å². The molecule has 9 heteroatoms. The van der Waals surface area contributed by atoms with Crippen LogP contribution < -0.4 is 15.0 Å². The number of amides is 2. The summed E-state index contributed by atoms with van der Waals surface area (Å²) in [5.41, 5.74) is 4.54. The van der Waals surface area contributed by atoms with Crippen LogP contribution in [0.5, 0.6) is 5.88 Å². The minimum Gasteiger partial charge on any atom is -0.388 e. The lowest BCUT2D eigenvalue weighted by atomic mass is 10.1. The highest BCUT2D eigenvalue weighted by Crippen LogP contribution is 2.37. The lowest BCUT2D eigenvalue weighted by Gasteiger charge is -2.22. The molecule has 1 N–H and O–H groups in total. The third-order valence-electron chi connectivity index (χ3n) is 6.51. The molecule has 0 bridgehead atoms. The zero-order chi connectivity index (χ0) is 26.1. The number of nitrogens with zero attached hydrogens (tertiary/aromatic N) is 5. The van der Waals surface area contributed by atoms with Gasteiger partial charge in [0.1, 0.15) is 0 Å². The Balaban J connectivity index is 1.43. The molecule has 1 atom stereocenters. The van der Waals surface area contributed by atoms with Gasteiger partial charge in [-0.2, -0.15) is 9.97 Å². The summed E-state index contributed by atoms with van der Waals surface area (Å²) in [6.07, 6.45) is 2.84. The molecule has 9 nitrogen and oxygen atoms in total. The van der Waals surface area contributed by atoms with Crippen LogP contribution in [0.2, 0.25) is 0 Å². The van der Waals surface area contributed by atoms with Crippen LogP contribution in [0.25, 0.3) is 11.2 Å². The largest absolute Gasteiger partial charge is 0.425 e. The predicted molar refractivity (Wildman–Crippen MR) is 144 cm³/mol. The van der Waals surface area contributed by atoms with E-state index in [0.717, 1.165) is 12.8 Å². The minimum absolute atomic E-state index is 0.0185. The summed E-state index contributed by atoms with van der Waals surface area (Å²) in [4.78, 5) is 40.4. The van der Waals surface area contributed by atoms with Crippen LogP contribution in [0, 0.1) is 0 Å². The van der Waals surface area contributed by atoms with E-state index in [9.17, 15) is 9.59 Å². The highest BCUT2D eigenvalue weighted by molar-refractivity contribution is 5.98. The molecule has 38 heavy (non-hydrogen) atoms. The molecule has 2 heterocycles. The van der Waals surface area contributed by atoms with E-state index in [1.165, 1.54) is 23.0 Å². The molecule has 0 saturated heterocycles. The summed E-state index contributed by atoms with van der Waals surface area (Å²) in [6, 6.07) is 26.7. The molecule has 3 aromatic carbocycles. The van der Waals surface area contributed by atoms with Crippen molar-refractivity contribution < 1.29 is 14.3 Å². The molecule has 1 aliphatic rings. The van der Waals surface area contributed by atoms with Crippen molar-refractivity contribution in [1.29, 1.82) is 0 Å². The van der Waals surface area contributed by atoms with Gasteiger partial charge in [-0.05, 0) is 48.2 Å². The summed E-state index contributed by atoms with van der Waals surface area (Å²) in [6.45, 7) is 1.37.